The molecule has 0 aromatic heterocycles. The van der Waals surface area contributed by atoms with Crippen LogP contribution in [-0.4, -0.2) is 11.1 Å². The van der Waals surface area contributed by atoms with Gasteiger partial charge in [0.15, 0.2) is 0 Å². The Labute approximate surface area is 48.8 Å². The lowest BCUT2D eigenvalue weighted by atomic mass is 10.5. The molecule has 0 heterocycles. The van der Waals surface area contributed by atoms with E-state index in [1.165, 1.54) is 6.20 Å². The van der Waals surface area contributed by atoms with Crippen molar-refractivity contribution in [3.05, 3.63) is 12.8 Å². The molecule has 0 aliphatic carbocycles. The van der Waals surface area contributed by atoms with Crippen molar-refractivity contribution < 1.29 is 9.90 Å². The lowest BCUT2D eigenvalue weighted by molar-refractivity contribution is -0.136. The lowest BCUT2D eigenvalue weighted by Crippen LogP contribution is -1.86. The number of nitrogens with two attached hydrogens (primary N) is 1. The van der Waals surface area contributed by atoms with Gasteiger partial charge in [-0.15, -0.1) is 0 Å². The number of carbonyl (C=O) groups is 1. The van der Waals surface area contributed by atoms with Crippen LogP contribution in [0, 0.1) is 0 Å². The molecule has 0 aliphatic heterocycles. The molecule has 0 spiro atoms. The molecule has 0 aliphatic rings. The summed E-state index contributed by atoms with van der Waals surface area (Å²) >= 11 is 0. The van der Waals surface area contributed by atoms with Gasteiger partial charge in [-0.1, -0.05) is 13.5 Å². The zero-order valence-corrected chi connectivity index (χ0v) is 4.92. The second-order valence-electron chi connectivity index (χ2n) is 0.983. The minimum absolute atomic E-state index is 0.222. The minimum atomic E-state index is -0.745. The highest BCUT2D eigenvalue weighted by atomic mass is 16.4. The Morgan fingerprint density at radius 1 is 2.00 bits per heavy atom. The predicted octanol–water partition coefficient (Wildman–Crippen LogP) is 0.570. The van der Waals surface area contributed by atoms with Crippen LogP contribution in [-0.2, 0) is 4.79 Å². The summed E-state index contributed by atoms with van der Waals surface area (Å²) in [5.74, 6) is -0.745. The summed E-state index contributed by atoms with van der Waals surface area (Å²) in [6.45, 7) is 4.74. The van der Waals surface area contributed by atoms with E-state index in [9.17, 15) is 4.79 Å². The molecule has 0 amide bonds. The number of hydrogen-bond acceptors (Lipinski definition) is 2. The highest BCUT2D eigenvalue weighted by molar-refractivity contribution is 5.66. The molecular formula is C5H11NO2. The standard InChI is InChI=1S/C3H6O2.C2H5N/c1-2-3(4)5;1-2-3/h2H2,1H3,(H,4,5);2H,1,3H2. The molecule has 0 saturated carbocycles. The van der Waals surface area contributed by atoms with Gasteiger partial charge in [0.1, 0.15) is 0 Å². The molecule has 48 valence electrons. The molecule has 0 rings (SSSR count). The fourth-order valence-electron chi connectivity index (χ4n) is 0. The van der Waals surface area contributed by atoms with Crippen molar-refractivity contribution in [1.82, 2.24) is 0 Å². The quantitative estimate of drug-likeness (QED) is 0.527. The van der Waals surface area contributed by atoms with E-state index < -0.39 is 5.97 Å². The molecule has 8 heavy (non-hydrogen) atoms. The first-order valence-electron chi connectivity index (χ1n) is 2.23. The summed E-state index contributed by atoms with van der Waals surface area (Å²) in [6.07, 6.45) is 1.47. The zero-order chi connectivity index (χ0) is 6.99. The summed E-state index contributed by atoms with van der Waals surface area (Å²) in [4.78, 5) is 9.37. The topological polar surface area (TPSA) is 63.3 Å². The molecule has 0 saturated heterocycles. The van der Waals surface area contributed by atoms with Crippen molar-refractivity contribution in [3.63, 3.8) is 0 Å². The maximum atomic E-state index is 9.37. The van der Waals surface area contributed by atoms with Crippen LogP contribution in [0.3, 0.4) is 0 Å². The van der Waals surface area contributed by atoms with Gasteiger partial charge in [-0.2, -0.15) is 0 Å². The average Bonchev–Trinajstić information content (AvgIpc) is 1.69. The molecule has 0 unspecified atom stereocenters. The van der Waals surface area contributed by atoms with E-state index in [4.69, 9.17) is 5.11 Å². The Hall–Kier alpha value is -0.990. The summed E-state index contributed by atoms with van der Waals surface area (Å²) < 4.78 is 0. The summed E-state index contributed by atoms with van der Waals surface area (Å²) in [5.41, 5.74) is 4.61. The Balaban J connectivity index is 0. The molecule has 3 nitrogen and oxygen atoms in total. The van der Waals surface area contributed by atoms with Crippen LogP contribution in [0.15, 0.2) is 12.8 Å². The number of carboxylic acid groups (broad SMARTS) is 1. The SMILES string of the molecule is C=CN.CCC(=O)O. The van der Waals surface area contributed by atoms with E-state index in [0.717, 1.165) is 0 Å². The predicted molar refractivity (Wildman–Crippen MR) is 32.3 cm³/mol. The van der Waals surface area contributed by atoms with Gasteiger partial charge in [-0.25, -0.2) is 0 Å². The van der Waals surface area contributed by atoms with Gasteiger partial charge >= 0.3 is 5.97 Å². The first kappa shape index (κ1) is 10.1. The molecule has 3 heteroatoms. The molecule has 0 atom stereocenters. The Morgan fingerprint density at radius 2 is 2.12 bits per heavy atom. The fraction of sp³-hybridized carbons (Fsp3) is 0.400. The highest BCUT2D eigenvalue weighted by Gasteiger charge is 1.80. The van der Waals surface area contributed by atoms with Crippen LogP contribution in [0.2, 0.25) is 0 Å². The van der Waals surface area contributed by atoms with E-state index in [2.05, 4.69) is 12.3 Å². The highest BCUT2D eigenvalue weighted by Crippen LogP contribution is 1.67. The Kier molecular flexibility index (Phi) is 11.8. The smallest absolute Gasteiger partial charge is 0.303 e. The lowest BCUT2D eigenvalue weighted by Gasteiger charge is -1.71. The zero-order valence-electron chi connectivity index (χ0n) is 4.92. The van der Waals surface area contributed by atoms with Gasteiger partial charge in [0.2, 0.25) is 0 Å². The molecule has 0 aromatic carbocycles. The van der Waals surface area contributed by atoms with Crippen LogP contribution in [0.25, 0.3) is 0 Å². The van der Waals surface area contributed by atoms with Crippen molar-refractivity contribution in [1.29, 1.82) is 0 Å². The van der Waals surface area contributed by atoms with Gasteiger partial charge in [-0.3, -0.25) is 4.79 Å². The number of aliphatic carboxylic acids is 1. The van der Waals surface area contributed by atoms with Gasteiger partial charge < -0.3 is 10.8 Å². The van der Waals surface area contributed by atoms with Crippen LogP contribution in [0.1, 0.15) is 13.3 Å². The first-order chi connectivity index (χ1) is 3.68. The van der Waals surface area contributed by atoms with Crippen LogP contribution >= 0.6 is 0 Å². The van der Waals surface area contributed by atoms with E-state index in [0.29, 0.717) is 0 Å². The normalized spacial score (nSPS) is 6.12. The second-order valence-corrected chi connectivity index (χ2v) is 0.983. The van der Waals surface area contributed by atoms with E-state index >= 15 is 0 Å². The maximum Gasteiger partial charge on any atom is 0.303 e. The van der Waals surface area contributed by atoms with E-state index in [1.807, 2.05) is 0 Å². The van der Waals surface area contributed by atoms with Crippen molar-refractivity contribution in [2.75, 3.05) is 0 Å². The van der Waals surface area contributed by atoms with Crippen molar-refractivity contribution in [2.45, 2.75) is 13.3 Å². The largest absolute Gasteiger partial charge is 0.481 e. The molecule has 3 N–H and O–H groups in total. The second kappa shape index (κ2) is 9.38. The minimum Gasteiger partial charge on any atom is -0.481 e. The van der Waals surface area contributed by atoms with E-state index in [1.54, 1.807) is 6.92 Å². The van der Waals surface area contributed by atoms with E-state index in [-0.39, 0.29) is 6.42 Å². The van der Waals surface area contributed by atoms with Gasteiger partial charge in [0.25, 0.3) is 0 Å². The number of carboxylic acids is 1. The van der Waals surface area contributed by atoms with Crippen LogP contribution < -0.4 is 5.73 Å². The van der Waals surface area contributed by atoms with Crippen LogP contribution in [0.4, 0.5) is 0 Å². The molecule has 0 bridgehead atoms. The number of rotatable bonds is 1. The average molecular weight is 117 g/mol. The third kappa shape index (κ3) is 79.0. The Bertz CT molecular complexity index is 70.8. The first-order valence-corrected chi connectivity index (χ1v) is 2.23. The third-order valence-electron chi connectivity index (χ3n) is 0.302. The van der Waals surface area contributed by atoms with Crippen molar-refractivity contribution in [2.24, 2.45) is 5.73 Å². The number of hydrogen-bond donors (Lipinski definition) is 2. The maximum absolute atomic E-state index is 9.37. The monoisotopic (exact) mass is 117 g/mol. The van der Waals surface area contributed by atoms with Gasteiger partial charge in [-0.05, 0) is 6.20 Å². The summed E-state index contributed by atoms with van der Waals surface area (Å²) in [7, 11) is 0. The fourth-order valence-corrected chi connectivity index (χ4v) is 0. The Morgan fingerprint density at radius 3 is 2.12 bits per heavy atom. The van der Waals surface area contributed by atoms with Crippen molar-refractivity contribution in [3.8, 4) is 0 Å². The molecule has 0 radical (unpaired) electrons. The van der Waals surface area contributed by atoms with Gasteiger partial charge in [0.05, 0.1) is 0 Å². The molecule has 0 fully saturated rings. The van der Waals surface area contributed by atoms with Crippen LogP contribution in [0.5, 0.6) is 0 Å². The molecule has 0 aromatic rings. The summed E-state index contributed by atoms with van der Waals surface area (Å²) in [5, 5.41) is 7.72. The third-order valence-corrected chi connectivity index (χ3v) is 0.302. The van der Waals surface area contributed by atoms with Crippen molar-refractivity contribution >= 4 is 5.97 Å². The molecular weight excluding hydrogens is 106 g/mol. The summed E-state index contributed by atoms with van der Waals surface area (Å²) in [6, 6.07) is 0. The van der Waals surface area contributed by atoms with Gasteiger partial charge in [0, 0.05) is 6.42 Å².